The second-order valence-corrected chi connectivity index (χ2v) is 5.57. The molecular formula is C14H21NO2. The number of hydrogen-bond donors (Lipinski definition) is 3. The normalized spacial score (nSPS) is 28.5. The van der Waals surface area contributed by atoms with Crippen LogP contribution in [0.1, 0.15) is 38.8 Å². The van der Waals surface area contributed by atoms with Crippen molar-refractivity contribution in [3.05, 3.63) is 29.8 Å². The Morgan fingerprint density at radius 1 is 1.35 bits per heavy atom. The van der Waals surface area contributed by atoms with Crippen molar-refractivity contribution in [1.82, 2.24) is 5.32 Å². The van der Waals surface area contributed by atoms with Gasteiger partial charge in [0.2, 0.25) is 0 Å². The highest BCUT2D eigenvalue weighted by Gasteiger charge is 2.47. The Morgan fingerprint density at radius 2 is 2.00 bits per heavy atom. The number of nitrogens with one attached hydrogen (secondary N) is 1. The lowest BCUT2D eigenvalue weighted by molar-refractivity contribution is -0.0755. The molecule has 0 radical (unpaired) electrons. The molecule has 1 saturated carbocycles. The van der Waals surface area contributed by atoms with Crippen molar-refractivity contribution in [3.8, 4) is 5.75 Å². The third kappa shape index (κ3) is 2.17. The third-order valence-corrected chi connectivity index (χ3v) is 4.07. The highest BCUT2D eigenvalue weighted by molar-refractivity contribution is 5.34. The molecule has 1 aliphatic rings. The standard InChI is InChI=1S/C14H21NO2/c1-9(10-6-4-5-7-11(10)16)15-12-8-13(17)14(12,2)3/h4-7,9,12-13,15-17H,8H2,1-3H3. The smallest absolute Gasteiger partial charge is 0.120 e. The lowest BCUT2D eigenvalue weighted by Gasteiger charge is -2.50. The Balaban J connectivity index is 2.04. The second-order valence-electron chi connectivity index (χ2n) is 5.57. The molecule has 0 amide bonds. The summed E-state index contributed by atoms with van der Waals surface area (Å²) in [5.74, 6) is 0.324. The summed E-state index contributed by atoms with van der Waals surface area (Å²) in [7, 11) is 0. The molecule has 3 atom stereocenters. The summed E-state index contributed by atoms with van der Waals surface area (Å²) in [4.78, 5) is 0. The highest BCUT2D eigenvalue weighted by atomic mass is 16.3. The summed E-state index contributed by atoms with van der Waals surface area (Å²) in [6.45, 7) is 6.17. The zero-order chi connectivity index (χ0) is 12.6. The van der Waals surface area contributed by atoms with E-state index in [-0.39, 0.29) is 17.6 Å². The van der Waals surface area contributed by atoms with Crippen LogP contribution in [0.4, 0.5) is 0 Å². The van der Waals surface area contributed by atoms with Gasteiger partial charge in [-0.15, -0.1) is 0 Å². The maximum atomic E-state index is 9.78. The predicted molar refractivity (Wildman–Crippen MR) is 67.9 cm³/mol. The molecule has 1 aromatic carbocycles. The number of aliphatic hydroxyl groups is 1. The van der Waals surface area contributed by atoms with Gasteiger partial charge in [0.25, 0.3) is 0 Å². The lowest BCUT2D eigenvalue weighted by atomic mass is 9.64. The first-order chi connectivity index (χ1) is 7.93. The van der Waals surface area contributed by atoms with Gasteiger partial charge in [0.1, 0.15) is 5.75 Å². The molecule has 1 fully saturated rings. The Morgan fingerprint density at radius 3 is 2.53 bits per heavy atom. The van der Waals surface area contributed by atoms with Crippen LogP contribution in [0.25, 0.3) is 0 Å². The van der Waals surface area contributed by atoms with Crippen molar-refractivity contribution in [3.63, 3.8) is 0 Å². The van der Waals surface area contributed by atoms with Gasteiger partial charge in [0.05, 0.1) is 6.10 Å². The number of benzene rings is 1. The van der Waals surface area contributed by atoms with Gasteiger partial charge in [0.15, 0.2) is 0 Å². The summed E-state index contributed by atoms with van der Waals surface area (Å²) >= 11 is 0. The number of rotatable bonds is 3. The number of phenols is 1. The van der Waals surface area contributed by atoms with Crippen LogP contribution in [0.2, 0.25) is 0 Å². The van der Waals surface area contributed by atoms with Crippen LogP contribution in [0.3, 0.4) is 0 Å². The average Bonchev–Trinajstić information content (AvgIpc) is 2.29. The van der Waals surface area contributed by atoms with Gasteiger partial charge in [-0.25, -0.2) is 0 Å². The number of aliphatic hydroxyl groups excluding tert-OH is 1. The maximum absolute atomic E-state index is 9.78. The van der Waals surface area contributed by atoms with E-state index in [0.717, 1.165) is 12.0 Å². The minimum Gasteiger partial charge on any atom is -0.508 e. The van der Waals surface area contributed by atoms with E-state index in [4.69, 9.17) is 0 Å². The van der Waals surface area contributed by atoms with Gasteiger partial charge in [-0.05, 0) is 19.4 Å². The largest absolute Gasteiger partial charge is 0.508 e. The van der Waals surface area contributed by atoms with Crippen LogP contribution < -0.4 is 5.32 Å². The lowest BCUT2D eigenvalue weighted by Crippen LogP contribution is -2.60. The number of phenolic OH excluding ortho intramolecular Hbond substituents is 1. The number of hydrogen-bond acceptors (Lipinski definition) is 3. The summed E-state index contributed by atoms with van der Waals surface area (Å²) in [6, 6.07) is 7.76. The van der Waals surface area contributed by atoms with Gasteiger partial charge in [0, 0.05) is 23.1 Å². The van der Waals surface area contributed by atoms with Gasteiger partial charge in [-0.2, -0.15) is 0 Å². The molecule has 1 aliphatic carbocycles. The molecule has 1 aromatic rings. The molecule has 0 heterocycles. The predicted octanol–water partition coefficient (Wildman–Crippen LogP) is 2.20. The second kappa shape index (κ2) is 4.31. The van der Waals surface area contributed by atoms with Crippen LogP contribution in [-0.2, 0) is 0 Å². The van der Waals surface area contributed by atoms with Crippen molar-refractivity contribution in [2.45, 2.75) is 45.4 Å². The minimum atomic E-state index is -0.225. The maximum Gasteiger partial charge on any atom is 0.120 e. The first-order valence-electron chi connectivity index (χ1n) is 6.15. The summed E-state index contributed by atoms with van der Waals surface area (Å²) in [5.41, 5.74) is 0.822. The van der Waals surface area contributed by atoms with E-state index in [1.165, 1.54) is 0 Å². The van der Waals surface area contributed by atoms with Crippen molar-refractivity contribution in [2.24, 2.45) is 5.41 Å². The quantitative estimate of drug-likeness (QED) is 0.753. The monoisotopic (exact) mass is 235 g/mol. The van der Waals surface area contributed by atoms with Gasteiger partial charge in [-0.1, -0.05) is 32.0 Å². The van der Waals surface area contributed by atoms with E-state index in [2.05, 4.69) is 19.2 Å². The van der Waals surface area contributed by atoms with E-state index < -0.39 is 0 Å². The van der Waals surface area contributed by atoms with Gasteiger partial charge >= 0.3 is 0 Å². The third-order valence-electron chi connectivity index (χ3n) is 4.07. The molecule has 3 heteroatoms. The number of aromatic hydroxyl groups is 1. The van der Waals surface area contributed by atoms with E-state index in [1.54, 1.807) is 6.07 Å². The molecule has 0 saturated heterocycles. The molecule has 94 valence electrons. The van der Waals surface area contributed by atoms with Crippen LogP contribution in [-0.4, -0.2) is 22.4 Å². The Hall–Kier alpha value is -1.06. The Bertz CT molecular complexity index is 403. The average molecular weight is 235 g/mol. The van der Waals surface area contributed by atoms with E-state index >= 15 is 0 Å². The highest BCUT2D eigenvalue weighted by Crippen LogP contribution is 2.41. The molecule has 3 N–H and O–H groups in total. The van der Waals surface area contributed by atoms with Crippen LogP contribution in [0.5, 0.6) is 5.75 Å². The molecule has 0 spiro atoms. The van der Waals surface area contributed by atoms with Crippen molar-refractivity contribution in [1.29, 1.82) is 0 Å². The van der Waals surface area contributed by atoms with Crippen LogP contribution >= 0.6 is 0 Å². The van der Waals surface area contributed by atoms with E-state index in [1.807, 2.05) is 25.1 Å². The molecule has 0 aliphatic heterocycles. The first-order valence-corrected chi connectivity index (χ1v) is 6.15. The molecule has 3 nitrogen and oxygen atoms in total. The van der Waals surface area contributed by atoms with Crippen molar-refractivity contribution >= 4 is 0 Å². The fourth-order valence-corrected chi connectivity index (χ4v) is 2.43. The van der Waals surface area contributed by atoms with E-state index in [0.29, 0.717) is 11.8 Å². The molecular weight excluding hydrogens is 214 g/mol. The molecule has 0 bridgehead atoms. The van der Waals surface area contributed by atoms with Crippen LogP contribution in [0, 0.1) is 5.41 Å². The zero-order valence-electron chi connectivity index (χ0n) is 10.6. The fourth-order valence-electron chi connectivity index (χ4n) is 2.43. The summed E-state index contributed by atoms with van der Waals surface area (Å²) < 4.78 is 0. The van der Waals surface area contributed by atoms with Crippen LogP contribution in [0.15, 0.2) is 24.3 Å². The summed E-state index contributed by atoms with van der Waals surface area (Å²) in [6.07, 6.45) is 0.557. The summed E-state index contributed by atoms with van der Waals surface area (Å²) in [5, 5.41) is 22.9. The zero-order valence-corrected chi connectivity index (χ0v) is 10.6. The molecule has 3 unspecified atom stereocenters. The SMILES string of the molecule is CC(NC1CC(O)C1(C)C)c1ccccc1O. The van der Waals surface area contributed by atoms with Gasteiger partial charge in [-0.3, -0.25) is 0 Å². The van der Waals surface area contributed by atoms with E-state index in [9.17, 15) is 10.2 Å². The Labute approximate surface area is 102 Å². The van der Waals surface area contributed by atoms with Gasteiger partial charge < -0.3 is 15.5 Å². The fraction of sp³-hybridized carbons (Fsp3) is 0.571. The molecule has 0 aromatic heterocycles. The number of para-hydroxylation sites is 1. The van der Waals surface area contributed by atoms with Crippen molar-refractivity contribution < 1.29 is 10.2 Å². The Kier molecular flexibility index (Phi) is 3.15. The molecule has 17 heavy (non-hydrogen) atoms. The topological polar surface area (TPSA) is 52.5 Å². The first kappa shape index (κ1) is 12.4. The van der Waals surface area contributed by atoms with Crippen molar-refractivity contribution in [2.75, 3.05) is 0 Å². The minimum absolute atomic E-state index is 0.0847. The molecule has 2 rings (SSSR count).